The second-order valence-electron chi connectivity index (χ2n) is 5.14. The van der Waals surface area contributed by atoms with E-state index in [2.05, 4.69) is 44.7 Å². The molecule has 2 heterocycles. The maximum absolute atomic E-state index is 6.28. The molecule has 4 heteroatoms. The minimum Gasteiger partial charge on any atom is -0.371 e. The van der Waals surface area contributed by atoms with Gasteiger partial charge in [0.2, 0.25) is 0 Å². The summed E-state index contributed by atoms with van der Waals surface area (Å²) in [5, 5.41) is 0. The highest BCUT2D eigenvalue weighted by molar-refractivity contribution is 9.09. The van der Waals surface area contributed by atoms with Crippen LogP contribution in [0.15, 0.2) is 12.2 Å². The van der Waals surface area contributed by atoms with Crippen molar-refractivity contribution >= 4 is 31.9 Å². The van der Waals surface area contributed by atoms with E-state index in [1.807, 2.05) is 6.08 Å². The van der Waals surface area contributed by atoms with Crippen LogP contribution in [0.25, 0.3) is 0 Å². The molecule has 0 N–H and O–H groups in total. The number of rotatable bonds is 4. The molecule has 0 unspecified atom stereocenters. The lowest BCUT2D eigenvalue weighted by atomic mass is 10.1. The summed E-state index contributed by atoms with van der Waals surface area (Å²) >= 11 is 7.49. The van der Waals surface area contributed by atoms with Gasteiger partial charge in [0.15, 0.2) is 0 Å². The first-order valence-corrected chi connectivity index (χ1v) is 8.69. The molecular weight excluding hydrogens is 372 g/mol. The van der Waals surface area contributed by atoms with Gasteiger partial charge in [0, 0.05) is 16.1 Å². The van der Waals surface area contributed by atoms with Crippen LogP contribution in [0.1, 0.15) is 32.6 Å². The summed E-state index contributed by atoms with van der Waals surface area (Å²) in [4.78, 5) is 0.782. The van der Waals surface area contributed by atoms with E-state index in [1.165, 1.54) is 0 Å². The first kappa shape index (κ1) is 15.6. The second kappa shape index (κ2) is 7.26. The Hall–Kier alpha value is 0.180. The highest BCUT2D eigenvalue weighted by atomic mass is 79.9. The SMILES string of the molecule is C#CC=CC[C@@H]1O[C@@H]2C[C@H]1O[C@@H]([C@@H](Br)CC)C[C@H]2Br. The molecule has 0 aliphatic carbocycles. The van der Waals surface area contributed by atoms with E-state index in [0.717, 1.165) is 25.7 Å². The molecule has 0 aromatic heterocycles. The van der Waals surface area contributed by atoms with Crippen molar-refractivity contribution in [2.24, 2.45) is 0 Å². The number of alkyl halides is 2. The quantitative estimate of drug-likeness (QED) is 0.535. The number of hydrogen-bond donors (Lipinski definition) is 0. The molecule has 106 valence electrons. The van der Waals surface area contributed by atoms with E-state index >= 15 is 0 Å². The fraction of sp³-hybridized carbons (Fsp3) is 0.733. The topological polar surface area (TPSA) is 18.5 Å². The van der Waals surface area contributed by atoms with Crippen LogP contribution < -0.4 is 0 Å². The first-order valence-electron chi connectivity index (χ1n) is 6.85. The van der Waals surface area contributed by atoms with Crippen LogP contribution in [0.3, 0.4) is 0 Å². The molecule has 0 spiro atoms. The Labute approximate surface area is 132 Å². The third-order valence-electron chi connectivity index (χ3n) is 3.82. The van der Waals surface area contributed by atoms with Gasteiger partial charge in [0.05, 0.1) is 24.4 Å². The summed E-state index contributed by atoms with van der Waals surface area (Å²) in [7, 11) is 0. The van der Waals surface area contributed by atoms with Gasteiger partial charge in [0.1, 0.15) is 0 Å². The Morgan fingerprint density at radius 1 is 1.37 bits per heavy atom. The Balaban J connectivity index is 2.02. The number of terminal acetylenes is 1. The number of fused-ring (bicyclic) bond motifs is 2. The predicted molar refractivity (Wildman–Crippen MR) is 84.9 cm³/mol. The van der Waals surface area contributed by atoms with Gasteiger partial charge in [-0.1, -0.05) is 50.8 Å². The van der Waals surface area contributed by atoms with Crippen LogP contribution in [0, 0.1) is 12.3 Å². The zero-order valence-electron chi connectivity index (χ0n) is 11.1. The van der Waals surface area contributed by atoms with Gasteiger partial charge < -0.3 is 9.47 Å². The van der Waals surface area contributed by atoms with Crippen molar-refractivity contribution < 1.29 is 9.47 Å². The highest BCUT2D eigenvalue weighted by Gasteiger charge is 2.44. The van der Waals surface area contributed by atoms with Crippen molar-refractivity contribution in [1.29, 1.82) is 0 Å². The molecule has 2 fully saturated rings. The maximum atomic E-state index is 6.28. The van der Waals surface area contributed by atoms with E-state index < -0.39 is 0 Å². The van der Waals surface area contributed by atoms with E-state index in [0.29, 0.717) is 9.65 Å². The van der Waals surface area contributed by atoms with Crippen LogP contribution in [0.4, 0.5) is 0 Å². The Morgan fingerprint density at radius 2 is 2.16 bits per heavy atom. The number of halogens is 2. The minimum absolute atomic E-state index is 0.133. The molecule has 2 aliphatic heterocycles. The smallest absolute Gasteiger partial charge is 0.0876 e. The molecule has 0 amide bonds. The van der Waals surface area contributed by atoms with E-state index in [4.69, 9.17) is 15.9 Å². The summed E-state index contributed by atoms with van der Waals surface area (Å²) in [6.45, 7) is 2.18. The third-order valence-corrected chi connectivity index (χ3v) is 6.02. The lowest BCUT2D eigenvalue weighted by Crippen LogP contribution is -2.36. The fourth-order valence-corrected chi connectivity index (χ4v) is 3.80. The lowest BCUT2D eigenvalue weighted by molar-refractivity contribution is -0.0732. The summed E-state index contributed by atoms with van der Waals surface area (Å²) in [5.41, 5.74) is 0. The molecule has 2 bridgehead atoms. The average Bonchev–Trinajstić information content (AvgIpc) is 2.72. The zero-order valence-corrected chi connectivity index (χ0v) is 14.3. The zero-order chi connectivity index (χ0) is 13.8. The number of ether oxygens (including phenoxy) is 2. The van der Waals surface area contributed by atoms with Crippen LogP contribution in [0.2, 0.25) is 0 Å². The third kappa shape index (κ3) is 3.85. The summed E-state index contributed by atoms with van der Waals surface area (Å²) in [6, 6.07) is 0. The average molecular weight is 392 g/mol. The Bertz CT molecular complexity index is 364. The van der Waals surface area contributed by atoms with Gasteiger partial charge in [-0.05, 0) is 25.3 Å². The van der Waals surface area contributed by atoms with Gasteiger partial charge >= 0.3 is 0 Å². The maximum Gasteiger partial charge on any atom is 0.0876 e. The molecule has 19 heavy (non-hydrogen) atoms. The van der Waals surface area contributed by atoms with E-state index in [1.54, 1.807) is 6.08 Å². The summed E-state index contributed by atoms with van der Waals surface area (Å²) < 4.78 is 12.4. The van der Waals surface area contributed by atoms with Gasteiger partial charge in [-0.3, -0.25) is 0 Å². The predicted octanol–water partition coefficient (Wildman–Crippen LogP) is 3.82. The number of allylic oxidation sites excluding steroid dienone is 1. The first-order chi connectivity index (χ1) is 9.15. The molecule has 0 aromatic carbocycles. The largest absolute Gasteiger partial charge is 0.371 e. The van der Waals surface area contributed by atoms with Crippen LogP contribution in [0.5, 0.6) is 0 Å². The van der Waals surface area contributed by atoms with Crippen LogP contribution in [-0.2, 0) is 9.47 Å². The van der Waals surface area contributed by atoms with Crippen molar-refractivity contribution in [1.82, 2.24) is 0 Å². The van der Waals surface area contributed by atoms with Crippen molar-refractivity contribution in [3.63, 3.8) is 0 Å². The van der Waals surface area contributed by atoms with Crippen molar-refractivity contribution in [2.75, 3.05) is 0 Å². The molecular formula is C15H20Br2O2. The molecule has 2 nitrogen and oxygen atoms in total. The Kier molecular flexibility index (Phi) is 5.95. The molecule has 2 rings (SSSR count). The van der Waals surface area contributed by atoms with Crippen molar-refractivity contribution in [3.05, 3.63) is 12.2 Å². The molecule has 0 aromatic rings. The lowest BCUT2D eigenvalue weighted by Gasteiger charge is -2.30. The molecule has 0 saturated carbocycles. The highest BCUT2D eigenvalue weighted by Crippen LogP contribution is 2.38. The van der Waals surface area contributed by atoms with E-state index in [-0.39, 0.29) is 24.4 Å². The summed E-state index contributed by atoms with van der Waals surface area (Å²) in [6.07, 6.45) is 13.7. The Morgan fingerprint density at radius 3 is 2.84 bits per heavy atom. The van der Waals surface area contributed by atoms with Crippen molar-refractivity contribution in [2.45, 2.75) is 66.7 Å². The van der Waals surface area contributed by atoms with E-state index in [9.17, 15) is 0 Å². The minimum atomic E-state index is 0.133. The summed E-state index contributed by atoms with van der Waals surface area (Å²) in [5.74, 6) is 2.51. The number of hydrogen-bond acceptors (Lipinski definition) is 2. The second-order valence-corrected chi connectivity index (χ2v) is 7.49. The van der Waals surface area contributed by atoms with Gasteiger partial charge in [-0.25, -0.2) is 0 Å². The normalized spacial score (nSPS) is 40.0. The monoisotopic (exact) mass is 390 g/mol. The molecule has 2 saturated heterocycles. The van der Waals surface area contributed by atoms with Gasteiger partial charge in [-0.2, -0.15) is 0 Å². The van der Waals surface area contributed by atoms with Crippen LogP contribution in [-0.4, -0.2) is 34.1 Å². The fourth-order valence-electron chi connectivity index (χ4n) is 2.75. The molecule has 2 aliphatic rings. The standard InChI is InChI=1S/C15H20Br2O2/c1-3-5-6-7-12-15-9-14(18-12)11(17)8-13(19-15)10(16)4-2/h1,5-6,10-15H,4,7-9H2,2H3/t10-,11+,12-,13+,14+,15+/m0/s1. The van der Waals surface area contributed by atoms with Crippen LogP contribution >= 0.6 is 31.9 Å². The van der Waals surface area contributed by atoms with Crippen molar-refractivity contribution in [3.8, 4) is 12.3 Å². The van der Waals surface area contributed by atoms with Gasteiger partial charge in [-0.15, -0.1) is 6.42 Å². The van der Waals surface area contributed by atoms with Gasteiger partial charge in [0.25, 0.3) is 0 Å². The molecule has 0 radical (unpaired) electrons. The molecule has 6 atom stereocenters.